The molecule has 0 fully saturated rings. The Hall–Kier alpha value is -1.99. The molecule has 0 saturated carbocycles. The Morgan fingerprint density at radius 1 is 1.29 bits per heavy atom. The zero-order chi connectivity index (χ0) is 20.1. The van der Waals surface area contributed by atoms with Crippen molar-refractivity contribution in [2.45, 2.75) is 30.0 Å². The zero-order valence-electron chi connectivity index (χ0n) is 15.8. The molecule has 1 aliphatic rings. The van der Waals surface area contributed by atoms with Crippen molar-refractivity contribution < 1.29 is 18.7 Å². The Bertz CT molecular complexity index is 888. The van der Waals surface area contributed by atoms with E-state index < -0.39 is 0 Å². The Morgan fingerprint density at radius 2 is 2.11 bits per heavy atom. The fraction of sp³-hybridized carbons (Fsp3) is 0.333. The van der Waals surface area contributed by atoms with Gasteiger partial charge in [-0.1, -0.05) is 0 Å². The Labute approximate surface area is 172 Å². The highest BCUT2D eigenvalue weighted by atomic mass is 32.2. The molecule has 0 radical (unpaired) electrons. The Balaban J connectivity index is 1.58. The molecule has 1 heterocycles. The van der Waals surface area contributed by atoms with Gasteiger partial charge in [-0.15, -0.1) is 23.5 Å². The maximum absolute atomic E-state index is 13.6. The van der Waals surface area contributed by atoms with Gasteiger partial charge in [0.15, 0.2) is 5.78 Å². The second-order valence-electron chi connectivity index (χ2n) is 6.51. The number of halogens is 1. The van der Waals surface area contributed by atoms with E-state index in [-0.39, 0.29) is 29.3 Å². The van der Waals surface area contributed by atoms with Crippen LogP contribution in [0.4, 0.5) is 4.39 Å². The first-order valence-corrected chi connectivity index (χ1v) is 11.1. The second-order valence-corrected chi connectivity index (χ2v) is 8.64. The van der Waals surface area contributed by atoms with Crippen LogP contribution in [-0.2, 0) is 10.5 Å². The van der Waals surface area contributed by atoms with Crippen LogP contribution in [0.2, 0.25) is 0 Å². The van der Waals surface area contributed by atoms with Crippen molar-refractivity contribution in [3.05, 3.63) is 58.9 Å². The number of ether oxygens (including phenoxy) is 1. The topological polar surface area (TPSA) is 55.4 Å². The lowest BCUT2D eigenvalue weighted by Gasteiger charge is -2.26. The van der Waals surface area contributed by atoms with E-state index in [4.69, 9.17) is 4.74 Å². The molecule has 4 nitrogen and oxygen atoms in total. The summed E-state index contributed by atoms with van der Waals surface area (Å²) in [5.74, 6) is 2.06. The van der Waals surface area contributed by atoms with Crippen LogP contribution in [0, 0.1) is 5.82 Å². The van der Waals surface area contributed by atoms with Gasteiger partial charge in [0.25, 0.3) is 0 Å². The molecule has 28 heavy (non-hydrogen) atoms. The van der Waals surface area contributed by atoms with Crippen LogP contribution in [0.1, 0.15) is 40.9 Å². The first-order chi connectivity index (χ1) is 13.5. The fourth-order valence-corrected chi connectivity index (χ4v) is 5.04. The number of ketones is 1. The summed E-state index contributed by atoms with van der Waals surface area (Å²) in [7, 11) is 1.58. The van der Waals surface area contributed by atoms with E-state index in [9.17, 15) is 14.0 Å². The minimum atomic E-state index is -0.285. The molecular formula is C21H22FNO3S2. The van der Waals surface area contributed by atoms with E-state index in [1.54, 1.807) is 37.1 Å². The number of hydrogen-bond acceptors (Lipinski definition) is 5. The van der Waals surface area contributed by atoms with Gasteiger partial charge in [-0.2, -0.15) is 0 Å². The van der Waals surface area contributed by atoms with Crippen molar-refractivity contribution in [3.63, 3.8) is 0 Å². The van der Waals surface area contributed by atoms with E-state index in [0.29, 0.717) is 17.1 Å². The number of benzene rings is 2. The molecule has 3 rings (SSSR count). The molecular weight excluding hydrogens is 397 g/mol. The van der Waals surface area contributed by atoms with Gasteiger partial charge in [0.1, 0.15) is 11.6 Å². The van der Waals surface area contributed by atoms with Crippen LogP contribution < -0.4 is 10.1 Å². The van der Waals surface area contributed by atoms with Gasteiger partial charge in [0, 0.05) is 27.5 Å². The molecule has 2 aromatic carbocycles. The number of thioether (sulfide) groups is 2. The SMILES string of the molecule is COc1ccc(C(C)=O)cc1CSCC(=O)N[C@@H]1CCSc2ccc(F)cc21. The van der Waals surface area contributed by atoms with Crippen molar-refractivity contribution in [3.8, 4) is 5.75 Å². The van der Waals surface area contributed by atoms with Crippen LogP contribution >= 0.6 is 23.5 Å². The number of amides is 1. The quantitative estimate of drug-likeness (QED) is 0.664. The summed E-state index contributed by atoms with van der Waals surface area (Å²) in [6.45, 7) is 1.52. The summed E-state index contributed by atoms with van der Waals surface area (Å²) in [4.78, 5) is 25.0. The van der Waals surface area contributed by atoms with Gasteiger partial charge in [-0.3, -0.25) is 9.59 Å². The average Bonchev–Trinajstić information content (AvgIpc) is 2.68. The number of hydrogen-bond donors (Lipinski definition) is 1. The normalized spacial score (nSPS) is 15.6. The molecule has 0 aromatic heterocycles. The van der Waals surface area contributed by atoms with Crippen molar-refractivity contribution >= 4 is 35.2 Å². The van der Waals surface area contributed by atoms with Gasteiger partial charge in [0.05, 0.1) is 18.9 Å². The molecule has 1 aliphatic heterocycles. The number of carbonyl (C=O) groups excluding carboxylic acids is 2. The lowest BCUT2D eigenvalue weighted by Crippen LogP contribution is -2.32. The zero-order valence-corrected chi connectivity index (χ0v) is 17.4. The molecule has 0 unspecified atom stereocenters. The lowest BCUT2D eigenvalue weighted by atomic mass is 10.0. The highest BCUT2D eigenvalue weighted by Gasteiger charge is 2.23. The number of Topliss-reactive ketones (excluding diaryl/α,β-unsaturated/α-hetero) is 1. The molecule has 0 aliphatic carbocycles. The van der Waals surface area contributed by atoms with Gasteiger partial charge >= 0.3 is 0 Å². The molecule has 1 N–H and O–H groups in total. The number of methoxy groups -OCH3 is 1. The van der Waals surface area contributed by atoms with Crippen LogP contribution in [0.15, 0.2) is 41.3 Å². The summed E-state index contributed by atoms with van der Waals surface area (Å²) >= 11 is 3.14. The molecule has 1 atom stereocenters. The Kier molecular flexibility index (Phi) is 7.02. The van der Waals surface area contributed by atoms with Gasteiger partial charge < -0.3 is 10.1 Å². The molecule has 148 valence electrons. The molecule has 7 heteroatoms. The van der Waals surface area contributed by atoms with Crippen LogP contribution in [0.5, 0.6) is 5.75 Å². The van der Waals surface area contributed by atoms with Crippen molar-refractivity contribution in [1.29, 1.82) is 0 Å². The highest BCUT2D eigenvalue weighted by Crippen LogP contribution is 2.36. The second kappa shape index (κ2) is 9.47. The maximum atomic E-state index is 13.6. The third-order valence-electron chi connectivity index (χ3n) is 4.52. The predicted molar refractivity (Wildman–Crippen MR) is 112 cm³/mol. The third kappa shape index (κ3) is 5.08. The largest absolute Gasteiger partial charge is 0.496 e. The van der Waals surface area contributed by atoms with E-state index >= 15 is 0 Å². The van der Waals surface area contributed by atoms with E-state index in [2.05, 4.69) is 5.32 Å². The van der Waals surface area contributed by atoms with E-state index in [0.717, 1.165) is 28.2 Å². The van der Waals surface area contributed by atoms with E-state index in [1.807, 2.05) is 6.07 Å². The minimum Gasteiger partial charge on any atom is -0.496 e. The number of rotatable bonds is 7. The van der Waals surface area contributed by atoms with Crippen molar-refractivity contribution in [2.75, 3.05) is 18.6 Å². The Morgan fingerprint density at radius 3 is 2.86 bits per heavy atom. The standard InChI is InChI=1S/C21H22FNO3S2/c1-13(24)14-3-5-19(26-2)15(9-14)11-27-12-21(25)23-18-7-8-28-20-6-4-16(22)10-17(18)20/h3-6,9-10,18H,7-8,11-12H2,1-2H3,(H,23,25)/t18-/m1/s1. The summed E-state index contributed by atoms with van der Waals surface area (Å²) < 4.78 is 18.9. The van der Waals surface area contributed by atoms with Gasteiger partial charge in [0.2, 0.25) is 5.91 Å². The lowest BCUT2D eigenvalue weighted by molar-refractivity contribution is -0.119. The first-order valence-electron chi connectivity index (χ1n) is 8.95. The minimum absolute atomic E-state index is 0.00675. The summed E-state index contributed by atoms with van der Waals surface area (Å²) in [6, 6.07) is 9.90. The summed E-state index contributed by atoms with van der Waals surface area (Å²) in [5, 5.41) is 3.02. The van der Waals surface area contributed by atoms with Gasteiger partial charge in [-0.05, 0) is 55.3 Å². The van der Waals surface area contributed by atoms with Crippen molar-refractivity contribution in [2.24, 2.45) is 0 Å². The average molecular weight is 420 g/mol. The number of nitrogens with one attached hydrogen (secondary N) is 1. The summed E-state index contributed by atoms with van der Waals surface area (Å²) in [5.41, 5.74) is 2.36. The monoisotopic (exact) mass is 419 g/mol. The highest BCUT2D eigenvalue weighted by molar-refractivity contribution is 7.99. The molecule has 1 amide bonds. The molecule has 2 aromatic rings. The van der Waals surface area contributed by atoms with Crippen molar-refractivity contribution in [1.82, 2.24) is 5.32 Å². The van der Waals surface area contributed by atoms with E-state index in [1.165, 1.54) is 30.8 Å². The fourth-order valence-electron chi connectivity index (χ4n) is 3.12. The van der Waals surface area contributed by atoms with Crippen LogP contribution in [-0.4, -0.2) is 30.3 Å². The smallest absolute Gasteiger partial charge is 0.230 e. The summed E-state index contributed by atoms with van der Waals surface area (Å²) in [6.07, 6.45) is 0.784. The predicted octanol–water partition coefficient (Wildman–Crippen LogP) is 4.62. The van der Waals surface area contributed by atoms with Crippen LogP contribution in [0.25, 0.3) is 0 Å². The molecule has 0 spiro atoms. The molecule has 0 bridgehead atoms. The van der Waals surface area contributed by atoms with Gasteiger partial charge in [-0.25, -0.2) is 4.39 Å². The number of fused-ring (bicyclic) bond motifs is 1. The third-order valence-corrected chi connectivity index (χ3v) is 6.63. The van der Waals surface area contributed by atoms with Crippen LogP contribution in [0.3, 0.4) is 0 Å². The molecule has 0 saturated heterocycles. The number of carbonyl (C=O) groups is 2. The maximum Gasteiger partial charge on any atom is 0.230 e. The first kappa shape index (κ1) is 20.7.